The minimum atomic E-state index is -1.19. The van der Waals surface area contributed by atoms with E-state index in [2.05, 4.69) is 44.3 Å². The monoisotopic (exact) mass is 469 g/mol. The Morgan fingerprint density at radius 2 is 1.47 bits per heavy atom. The number of halogens is 1. The Morgan fingerprint density at radius 3 is 1.93 bits per heavy atom. The second-order valence-corrected chi connectivity index (χ2v) is 22.4. The zero-order valence-electron chi connectivity index (χ0n) is 19.3. The van der Waals surface area contributed by atoms with Crippen LogP contribution in [0.3, 0.4) is 0 Å². The molecule has 1 aliphatic rings. The summed E-state index contributed by atoms with van der Waals surface area (Å²) in [7, 11) is -2.38. The van der Waals surface area contributed by atoms with Gasteiger partial charge in [0.15, 0.2) is 5.15 Å². The quantitative estimate of drug-likeness (QED) is 0.252. The number of pyridine rings is 1. The third-order valence-electron chi connectivity index (χ3n) is 5.46. The van der Waals surface area contributed by atoms with E-state index in [4.69, 9.17) is 21.1 Å². The van der Waals surface area contributed by atoms with E-state index in [0.29, 0.717) is 29.8 Å². The van der Waals surface area contributed by atoms with Crippen molar-refractivity contribution in [1.82, 2.24) is 14.1 Å². The molecule has 0 bridgehead atoms. The molecule has 2 aromatic rings. The molecule has 1 saturated carbocycles. The van der Waals surface area contributed by atoms with Gasteiger partial charge in [-0.25, -0.2) is 9.78 Å². The van der Waals surface area contributed by atoms with E-state index in [1.54, 1.807) is 9.13 Å². The SMILES string of the molecule is C[Si](C)(C)CCOCn1c(=O)n(COCC[Si](C)(C)C)c2c(Cl)ncc(C3CC3)c21. The maximum atomic E-state index is 13.3. The third kappa shape index (κ3) is 6.06. The number of hydrogen-bond acceptors (Lipinski definition) is 4. The highest BCUT2D eigenvalue weighted by molar-refractivity contribution is 6.76. The molecular weight excluding hydrogens is 434 g/mol. The maximum Gasteiger partial charge on any atom is 0.333 e. The topological polar surface area (TPSA) is 58.3 Å². The van der Waals surface area contributed by atoms with E-state index >= 15 is 0 Å². The van der Waals surface area contributed by atoms with Gasteiger partial charge in [-0.05, 0) is 36.4 Å². The van der Waals surface area contributed by atoms with Crippen molar-refractivity contribution < 1.29 is 9.47 Å². The van der Waals surface area contributed by atoms with Crippen LogP contribution in [0.4, 0.5) is 0 Å². The summed E-state index contributed by atoms with van der Waals surface area (Å²) in [5.41, 5.74) is 2.50. The third-order valence-corrected chi connectivity index (χ3v) is 9.15. The summed E-state index contributed by atoms with van der Waals surface area (Å²) in [6.07, 6.45) is 4.08. The molecule has 0 amide bonds. The molecular formula is C21H36ClN3O3Si2. The van der Waals surface area contributed by atoms with E-state index in [1.165, 1.54) is 0 Å². The van der Waals surface area contributed by atoms with Crippen molar-refractivity contribution in [2.75, 3.05) is 13.2 Å². The predicted molar refractivity (Wildman–Crippen MR) is 129 cm³/mol. The van der Waals surface area contributed by atoms with Crippen LogP contribution in [-0.4, -0.2) is 43.5 Å². The highest BCUT2D eigenvalue weighted by atomic mass is 35.5. The van der Waals surface area contributed by atoms with Gasteiger partial charge in [0.05, 0.1) is 5.52 Å². The van der Waals surface area contributed by atoms with Gasteiger partial charge in [-0.3, -0.25) is 9.13 Å². The number of ether oxygens (including phenoxy) is 2. The molecule has 0 spiro atoms. The van der Waals surface area contributed by atoms with Gasteiger partial charge in [0.2, 0.25) is 0 Å². The van der Waals surface area contributed by atoms with Crippen LogP contribution in [0.15, 0.2) is 11.0 Å². The van der Waals surface area contributed by atoms with E-state index in [0.717, 1.165) is 36.0 Å². The molecule has 9 heteroatoms. The molecule has 0 saturated heterocycles. The number of aromatic nitrogens is 3. The van der Waals surface area contributed by atoms with Crippen LogP contribution in [0.5, 0.6) is 0 Å². The Kier molecular flexibility index (Phi) is 7.34. The maximum absolute atomic E-state index is 13.3. The lowest BCUT2D eigenvalue weighted by atomic mass is 10.1. The van der Waals surface area contributed by atoms with Crippen molar-refractivity contribution in [2.45, 2.75) is 83.6 Å². The van der Waals surface area contributed by atoms with E-state index in [-0.39, 0.29) is 19.2 Å². The Hall–Kier alpha value is -0.936. The molecule has 0 unspecified atom stereocenters. The van der Waals surface area contributed by atoms with Gasteiger partial charge < -0.3 is 9.47 Å². The van der Waals surface area contributed by atoms with Crippen molar-refractivity contribution in [3.05, 3.63) is 27.4 Å². The van der Waals surface area contributed by atoms with Crippen LogP contribution < -0.4 is 5.69 Å². The molecule has 2 aromatic heterocycles. The lowest BCUT2D eigenvalue weighted by Crippen LogP contribution is -2.28. The lowest BCUT2D eigenvalue weighted by molar-refractivity contribution is 0.0754. The van der Waals surface area contributed by atoms with Crippen LogP contribution in [0.1, 0.15) is 24.3 Å². The van der Waals surface area contributed by atoms with Crippen LogP contribution in [0.25, 0.3) is 11.0 Å². The first kappa shape index (κ1) is 23.7. The van der Waals surface area contributed by atoms with Crippen LogP contribution in [0.2, 0.25) is 56.5 Å². The zero-order valence-corrected chi connectivity index (χ0v) is 22.0. The first-order valence-corrected chi connectivity index (χ1v) is 18.7. The zero-order chi connectivity index (χ0) is 22.1. The molecule has 168 valence electrons. The normalized spacial score (nSPS) is 15.3. The first-order chi connectivity index (χ1) is 14.0. The van der Waals surface area contributed by atoms with Gasteiger partial charge >= 0.3 is 5.69 Å². The van der Waals surface area contributed by atoms with Gasteiger partial charge in [-0.2, -0.15) is 0 Å². The summed E-state index contributed by atoms with van der Waals surface area (Å²) in [4.78, 5) is 17.7. The Balaban J connectivity index is 1.89. The summed E-state index contributed by atoms with van der Waals surface area (Å²) in [6, 6.07) is 2.12. The fourth-order valence-electron chi connectivity index (χ4n) is 3.34. The van der Waals surface area contributed by atoms with Crippen molar-refractivity contribution in [2.24, 2.45) is 0 Å². The number of imidazole rings is 1. The fraction of sp³-hybridized carbons (Fsp3) is 0.714. The van der Waals surface area contributed by atoms with Gasteiger partial charge in [0.25, 0.3) is 0 Å². The van der Waals surface area contributed by atoms with Gasteiger partial charge in [0.1, 0.15) is 19.0 Å². The summed E-state index contributed by atoms with van der Waals surface area (Å²) in [5, 5.41) is 0.348. The second kappa shape index (κ2) is 9.28. The van der Waals surface area contributed by atoms with Crippen molar-refractivity contribution in [1.29, 1.82) is 0 Å². The molecule has 0 aromatic carbocycles. The average Bonchev–Trinajstić information content (AvgIpc) is 3.41. The predicted octanol–water partition coefficient (Wildman–Crippen LogP) is 5.35. The highest BCUT2D eigenvalue weighted by Gasteiger charge is 2.30. The Labute approximate surface area is 186 Å². The largest absolute Gasteiger partial charge is 0.361 e. The number of rotatable bonds is 11. The molecule has 0 atom stereocenters. The van der Waals surface area contributed by atoms with E-state index in [1.807, 2.05) is 6.20 Å². The van der Waals surface area contributed by atoms with Crippen molar-refractivity contribution in [3.8, 4) is 0 Å². The summed E-state index contributed by atoms with van der Waals surface area (Å²) in [5.74, 6) is 0.452. The standard InChI is InChI=1S/C21H36ClN3O3Si2/c1-29(2,3)11-9-27-14-24-18-17(16-7-8-16)13-23-20(22)19(18)25(21(24)26)15-28-10-12-30(4,5)6/h13,16H,7-12,14-15H2,1-6H3. The average molecular weight is 470 g/mol. The van der Waals surface area contributed by atoms with E-state index < -0.39 is 16.1 Å². The van der Waals surface area contributed by atoms with Gasteiger partial charge in [-0.1, -0.05) is 50.9 Å². The van der Waals surface area contributed by atoms with Crippen molar-refractivity contribution >= 4 is 38.8 Å². The molecule has 3 rings (SSSR count). The second-order valence-electron chi connectivity index (χ2n) is 10.8. The van der Waals surface area contributed by atoms with Crippen LogP contribution >= 0.6 is 11.6 Å². The summed E-state index contributed by atoms with van der Waals surface area (Å²) >= 11 is 6.48. The number of fused-ring (bicyclic) bond motifs is 1. The van der Waals surface area contributed by atoms with Gasteiger partial charge in [0, 0.05) is 35.6 Å². The molecule has 0 N–H and O–H groups in total. The Morgan fingerprint density at radius 1 is 0.967 bits per heavy atom. The summed E-state index contributed by atoms with van der Waals surface area (Å²) < 4.78 is 15.2. The van der Waals surface area contributed by atoms with E-state index in [9.17, 15) is 4.79 Å². The first-order valence-electron chi connectivity index (χ1n) is 10.9. The fourth-order valence-corrected chi connectivity index (χ4v) is 5.10. The van der Waals surface area contributed by atoms with Gasteiger partial charge in [-0.15, -0.1) is 0 Å². The van der Waals surface area contributed by atoms with Crippen LogP contribution in [-0.2, 0) is 22.9 Å². The highest BCUT2D eigenvalue weighted by Crippen LogP contribution is 2.43. The molecule has 6 nitrogen and oxygen atoms in total. The molecule has 2 heterocycles. The lowest BCUT2D eigenvalue weighted by Gasteiger charge is -2.15. The van der Waals surface area contributed by atoms with Crippen molar-refractivity contribution in [3.63, 3.8) is 0 Å². The number of nitrogens with zero attached hydrogens (tertiary/aromatic N) is 3. The molecule has 30 heavy (non-hydrogen) atoms. The minimum Gasteiger partial charge on any atom is -0.361 e. The molecule has 0 radical (unpaired) electrons. The Bertz CT molecular complexity index is 940. The van der Waals surface area contributed by atoms with Crippen LogP contribution in [0, 0.1) is 0 Å². The smallest absolute Gasteiger partial charge is 0.333 e. The summed E-state index contributed by atoms with van der Waals surface area (Å²) in [6.45, 7) is 15.7. The molecule has 1 aliphatic carbocycles. The molecule has 1 fully saturated rings. The number of hydrogen-bond donors (Lipinski definition) is 0. The minimum absolute atomic E-state index is 0.136. The molecule has 0 aliphatic heterocycles.